The Labute approximate surface area is 82.2 Å². The summed E-state index contributed by atoms with van der Waals surface area (Å²) in [6.45, 7) is 0. The van der Waals surface area contributed by atoms with Gasteiger partial charge in [0.05, 0.1) is 0 Å². The minimum Gasteiger partial charge on any atom is -0.768 e. The molecule has 0 aliphatic rings. The van der Waals surface area contributed by atoms with Gasteiger partial charge in [-0.2, -0.15) is 25.3 Å². The van der Waals surface area contributed by atoms with Crippen LogP contribution in [0, 0.1) is 14.9 Å². The van der Waals surface area contributed by atoms with Gasteiger partial charge in [0.15, 0.2) is 0 Å². The molecule has 0 saturated carbocycles. The van der Waals surface area contributed by atoms with Gasteiger partial charge in [0, 0.05) is 0 Å². The van der Waals surface area contributed by atoms with E-state index < -0.39 is 0 Å². The van der Waals surface area contributed by atoms with E-state index >= 15 is 0 Å². The van der Waals surface area contributed by atoms with Crippen molar-refractivity contribution in [2.75, 3.05) is 0 Å². The predicted octanol–water partition coefficient (Wildman–Crippen LogP) is 1.57. The maximum absolute atomic E-state index is 4.35. The van der Waals surface area contributed by atoms with E-state index in [9.17, 15) is 0 Å². The van der Waals surface area contributed by atoms with Crippen molar-refractivity contribution < 1.29 is 26.2 Å². The van der Waals surface area contributed by atoms with E-state index in [1.165, 1.54) is 0 Å². The normalized spacial score (nSPS) is 5.14. The van der Waals surface area contributed by atoms with E-state index in [1.54, 1.807) is 0 Å². The molecular weight excluding hydrogens is 223 g/mol. The monoisotopic (exact) mass is 231 g/mol. The molecule has 1 radical (unpaired) electrons. The van der Waals surface area contributed by atoms with Gasteiger partial charge in [-0.15, -0.1) is 0 Å². The smallest absolute Gasteiger partial charge is 0.768 e. The number of hydrogen-bond donors (Lipinski definition) is 2. The summed E-state index contributed by atoms with van der Waals surface area (Å²) >= 11 is 11.6. The van der Waals surface area contributed by atoms with Crippen molar-refractivity contribution >= 4 is 37.9 Å². The van der Waals surface area contributed by atoms with Crippen LogP contribution in [0.15, 0.2) is 0 Å². The quantitative estimate of drug-likeness (QED) is 0.277. The molecule has 0 aliphatic heterocycles. The summed E-state index contributed by atoms with van der Waals surface area (Å²) in [5.74, 6) is 0. The van der Waals surface area contributed by atoms with Crippen LogP contribution in [0.1, 0.15) is 0 Å². The van der Waals surface area contributed by atoms with Gasteiger partial charge in [-0.05, 0) is 0 Å². The summed E-state index contributed by atoms with van der Waals surface area (Å²) in [5, 5.41) is 0. The Bertz CT molecular complexity index is 14.9. The van der Waals surface area contributed by atoms with Crippen LogP contribution in [0.5, 0.6) is 0 Å². The van der Waals surface area contributed by atoms with E-state index in [0.29, 0.717) is 0 Å². The van der Waals surface area contributed by atoms with Gasteiger partial charge in [0.1, 0.15) is 0 Å². The molecule has 0 saturated heterocycles. The van der Waals surface area contributed by atoms with E-state index in [1.807, 2.05) is 0 Å². The average Bonchev–Trinajstić information content (AvgIpc) is 0.811. The fourth-order valence-electron chi connectivity index (χ4n) is 0. The molecule has 0 N–H and O–H groups in total. The summed E-state index contributed by atoms with van der Waals surface area (Å²) in [6.07, 6.45) is 0. The van der Waals surface area contributed by atoms with Crippen molar-refractivity contribution in [3.63, 3.8) is 0 Å². The number of hydrogen-bond acceptors (Lipinski definition) is 3. The van der Waals surface area contributed by atoms with Crippen molar-refractivity contribution in [1.29, 1.82) is 0 Å². The van der Waals surface area contributed by atoms with E-state index in [4.69, 9.17) is 0 Å². The van der Waals surface area contributed by atoms with Crippen LogP contribution in [0.4, 0.5) is 0 Å². The standard InChI is InChI=1S/CH4S3.2CH3.Zr/c2-1(3)4;;;/h1-4H;2*1H3;/q;2*-1;+3/p-1. The molecule has 0 atom stereocenters. The van der Waals surface area contributed by atoms with Gasteiger partial charge in [-0.3, -0.25) is 0 Å². The van der Waals surface area contributed by atoms with Crippen molar-refractivity contribution in [3.8, 4) is 0 Å². The van der Waals surface area contributed by atoms with Crippen LogP contribution < -0.4 is 0 Å². The van der Waals surface area contributed by atoms with Crippen LogP contribution in [0.2, 0.25) is 0 Å². The summed E-state index contributed by atoms with van der Waals surface area (Å²) in [6, 6.07) is 0. The molecule has 4 heteroatoms. The summed E-state index contributed by atoms with van der Waals surface area (Å²) in [4.78, 5) is 0. The van der Waals surface area contributed by atoms with E-state index in [2.05, 4.69) is 37.9 Å². The first-order valence-corrected chi connectivity index (χ1v) is 2.26. The first-order valence-electron chi connectivity index (χ1n) is 0.752. The van der Waals surface area contributed by atoms with E-state index in [0.717, 1.165) is 0 Å². The Hall–Kier alpha value is 1.93. The second-order valence-corrected chi connectivity index (χ2v) is 2.94. The first-order chi connectivity index (χ1) is 1.73. The Morgan fingerprint density at radius 1 is 1.14 bits per heavy atom. The molecule has 0 rings (SSSR count). The van der Waals surface area contributed by atoms with Crippen LogP contribution >= 0.6 is 25.3 Å². The third-order valence-corrected chi connectivity index (χ3v) is 0. The summed E-state index contributed by atoms with van der Waals surface area (Å²) in [7, 11) is 0. The zero-order valence-electron chi connectivity index (χ0n) is 4.38. The average molecular weight is 233 g/mol. The maximum Gasteiger partial charge on any atom is 3.00 e. The zero-order valence-corrected chi connectivity index (χ0v) is 9.44. The number of rotatable bonds is 0. The Kier molecular flexibility index (Phi) is 51.7. The van der Waals surface area contributed by atoms with Crippen molar-refractivity contribution in [2.45, 2.75) is 3.91 Å². The molecule has 0 amide bonds. The molecular formula is C3H9S3Zr. The van der Waals surface area contributed by atoms with Crippen LogP contribution in [0.3, 0.4) is 0 Å². The summed E-state index contributed by atoms with van der Waals surface area (Å²) in [5.41, 5.74) is 0. The van der Waals surface area contributed by atoms with Crippen molar-refractivity contribution in [3.05, 3.63) is 14.9 Å². The molecule has 0 unspecified atom stereocenters. The van der Waals surface area contributed by atoms with Gasteiger partial charge >= 0.3 is 26.2 Å². The van der Waals surface area contributed by atoms with Crippen molar-refractivity contribution in [2.24, 2.45) is 0 Å². The molecule has 43 valence electrons. The predicted molar refractivity (Wildman–Crippen MR) is 42.0 cm³/mol. The van der Waals surface area contributed by atoms with Crippen LogP contribution in [-0.4, -0.2) is 3.91 Å². The largest absolute Gasteiger partial charge is 3.00 e. The molecule has 0 bridgehead atoms. The molecule has 0 aliphatic carbocycles. The second kappa shape index (κ2) is 15.7. The third kappa shape index (κ3) is 74.7. The Morgan fingerprint density at radius 3 is 1.14 bits per heavy atom. The number of thiol groups is 2. The Morgan fingerprint density at radius 2 is 1.14 bits per heavy atom. The van der Waals surface area contributed by atoms with Gasteiger partial charge in [0.25, 0.3) is 0 Å². The zero-order chi connectivity index (χ0) is 3.58. The first kappa shape index (κ1) is 23.1. The molecule has 0 spiro atoms. The third-order valence-electron chi connectivity index (χ3n) is 0. The van der Waals surface area contributed by atoms with Gasteiger partial charge < -0.3 is 27.5 Å². The topological polar surface area (TPSA) is 0 Å². The molecule has 0 aromatic carbocycles. The minimum atomic E-state index is -0.194. The maximum atomic E-state index is 4.35. The second-order valence-electron chi connectivity index (χ2n) is 0.326. The minimum absolute atomic E-state index is 0. The SMILES string of the molecule is [CH3-].[CH3-].[S-]C(S)S.[Zr+3]. The molecule has 7 heavy (non-hydrogen) atoms. The fourth-order valence-corrected chi connectivity index (χ4v) is 0. The van der Waals surface area contributed by atoms with Crippen molar-refractivity contribution in [1.82, 2.24) is 0 Å². The molecule has 0 aromatic rings. The van der Waals surface area contributed by atoms with Crippen LogP contribution in [-0.2, 0) is 38.8 Å². The molecule has 0 nitrogen and oxygen atoms in total. The fraction of sp³-hybridized carbons (Fsp3) is 0.333. The van der Waals surface area contributed by atoms with E-state index in [-0.39, 0.29) is 45.0 Å². The molecule has 0 aromatic heterocycles. The molecule has 0 heterocycles. The summed E-state index contributed by atoms with van der Waals surface area (Å²) < 4.78 is -0.194. The van der Waals surface area contributed by atoms with Gasteiger partial charge in [0.2, 0.25) is 0 Å². The Balaban J connectivity index is -0.0000000150. The van der Waals surface area contributed by atoms with Crippen LogP contribution in [0.25, 0.3) is 0 Å². The molecule has 0 fully saturated rings. The van der Waals surface area contributed by atoms with Gasteiger partial charge in [-0.25, -0.2) is 0 Å². The van der Waals surface area contributed by atoms with Gasteiger partial charge in [-0.1, -0.05) is 3.91 Å².